The number of hydrogen-bond acceptors (Lipinski definition) is 3. The van der Waals surface area contributed by atoms with Crippen LogP contribution in [0.2, 0.25) is 0 Å². The van der Waals surface area contributed by atoms with E-state index in [9.17, 15) is 4.79 Å². The van der Waals surface area contributed by atoms with Crippen molar-refractivity contribution in [3.63, 3.8) is 0 Å². The minimum Gasteiger partial charge on any atom is -0.486 e. The van der Waals surface area contributed by atoms with Gasteiger partial charge in [-0.25, -0.2) is 0 Å². The summed E-state index contributed by atoms with van der Waals surface area (Å²) in [6.45, 7) is 8.35. The summed E-state index contributed by atoms with van der Waals surface area (Å²) in [6, 6.07) is 5.61. The van der Waals surface area contributed by atoms with Crippen LogP contribution in [0.1, 0.15) is 37.6 Å². The van der Waals surface area contributed by atoms with Gasteiger partial charge in [-0.2, -0.15) is 0 Å². The van der Waals surface area contributed by atoms with Crippen molar-refractivity contribution >= 4 is 23.1 Å². The van der Waals surface area contributed by atoms with Gasteiger partial charge in [0.2, 0.25) is 0 Å². The maximum atomic E-state index is 11.7. The monoisotopic (exact) mass is 295 g/mol. The Labute approximate surface area is 125 Å². The highest BCUT2D eigenvalue weighted by Crippen LogP contribution is 2.36. The Bertz CT molecular complexity index is 487. The molecule has 0 saturated carbocycles. The molecule has 1 aliphatic heterocycles. The molecule has 1 aliphatic rings. The van der Waals surface area contributed by atoms with Crippen LogP contribution in [-0.4, -0.2) is 30.9 Å². The van der Waals surface area contributed by atoms with Gasteiger partial charge < -0.3 is 9.64 Å². The van der Waals surface area contributed by atoms with E-state index in [2.05, 4.69) is 25.7 Å². The fourth-order valence-electron chi connectivity index (χ4n) is 2.46. The van der Waals surface area contributed by atoms with Crippen LogP contribution in [0.3, 0.4) is 0 Å². The third-order valence-corrected chi connectivity index (χ3v) is 3.90. The van der Waals surface area contributed by atoms with Gasteiger partial charge in [0.25, 0.3) is 0 Å². The van der Waals surface area contributed by atoms with Crippen LogP contribution in [-0.2, 0) is 0 Å². The Balaban J connectivity index is 2.35. The van der Waals surface area contributed by atoms with Crippen LogP contribution >= 0.6 is 11.6 Å². The molecular weight excluding hydrogens is 274 g/mol. The second-order valence-corrected chi connectivity index (χ2v) is 5.85. The van der Waals surface area contributed by atoms with Gasteiger partial charge in [-0.15, -0.1) is 11.6 Å². The number of carbonyl (C=O) groups excluding carboxylic acids is 1. The van der Waals surface area contributed by atoms with Crippen molar-refractivity contribution in [3.05, 3.63) is 23.8 Å². The highest BCUT2D eigenvalue weighted by Gasteiger charge is 2.27. The fraction of sp³-hybridized carbons (Fsp3) is 0.562. The number of carbonyl (C=O) groups is 1. The second-order valence-electron chi connectivity index (χ2n) is 5.59. The minimum atomic E-state index is -0.0445. The summed E-state index contributed by atoms with van der Waals surface area (Å²) in [6.07, 6.45) is 1.27. The number of Topliss-reactive ketones (excluding diaryl/α,β-unsaturated/α-hetero) is 1. The molecule has 20 heavy (non-hydrogen) atoms. The third kappa shape index (κ3) is 3.09. The molecule has 0 amide bonds. The first-order valence-electron chi connectivity index (χ1n) is 7.21. The smallest absolute Gasteiger partial charge is 0.177 e. The molecule has 2 rings (SSSR count). The van der Waals surface area contributed by atoms with Crippen molar-refractivity contribution in [1.29, 1.82) is 0 Å². The number of ether oxygens (including phenoxy) is 1. The zero-order chi connectivity index (χ0) is 14.7. The van der Waals surface area contributed by atoms with Crippen LogP contribution < -0.4 is 9.64 Å². The lowest BCUT2D eigenvalue weighted by Gasteiger charge is -2.38. The molecule has 1 atom stereocenters. The van der Waals surface area contributed by atoms with E-state index in [4.69, 9.17) is 16.3 Å². The van der Waals surface area contributed by atoms with Gasteiger partial charge in [0.1, 0.15) is 11.9 Å². The summed E-state index contributed by atoms with van der Waals surface area (Å²) in [5.41, 5.74) is 1.67. The van der Waals surface area contributed by atoms with Crippen molar-refractivity contribution in [2.75, 3.05) is 23.9 Å². The van der Waals surface area contributed by atoms with E-state index in [1.54, 1.807) is 6.07 Å². The molecule has 1 unspecified atom stereocenters. The van der Waals surface area contributed by atoms with Crippen LogP contribution in [0.4, 0.5) is 5.69 Å². The minimum absolute atomic E-state index is 0.0159. The largest absolute Gasteiger partial charge is 0.486 e. The van der Waals surface area contributed by atoms with Crippen LogP contribution in [0, 0.1) is 5.92 Å². The van der Waals surface area contributed by atoms with E-state index in [-0.39, 0.29) is 17.8 Å². The molecule has 4 heteroatoms. The summed E-state index contributed by atoms with van der Waals surface area (Å²) in [7, 11) is 0. The number of anilines is 1. The van der Waals surface area contributed by atoms with Gasteiger partial charge in [0.05, 0.1) is 18.1 Å². The lowest BCUT2D eigenvalue weighted by atomic mass is 10.0. The lowest BCUT2D eigenvalue weighted by molar-refractivity contribution is 0.102. The van der Waals surface area contributed by atoms with Crippen molar-refractivity contribution in [2.45, 2.75) is 33.3 Å². The van der Waals surface area contributed by atoms with Crippen molar-refractivity contribution in [2.24, 2.45) is 5.92 Å². The van der Waals surface area contributed by atoms with Gasteiger partial charge in [0.15, 0.2) is 5.78 Å². The number of rotatable bonds is 5. The predicted octanol–water partition coefficient (Wildman–Crippen LogP) is 3.74. The molecule has 0 radical (unpaired) electrons. The van der Waals surface area contributed by atoms with E-state index < -0.39 is 0 Å². The molecular formula is C16H22ClNO2. The van der Waals surface area contributed by atoms with Crippen LogP contribution in [0.5, 0.6) is 5.75 Å². The molecule has 0 N–H and O–H groups in total. The predicted molar refractivity (Wildman–Crippen MR) is 83.3 cm³/mol. The van der Waals surface area contributed by atoms with Gasteiger partial charge >= 0.3 is 0 Å². The molecule has 1 heterocycles. The molecule has 0 spiro atoms. The number of halogens is 1. The fourth-order valence-corrected chi connectivity index (χ4v) is 2.61. The first kappa shape index (κ1) is 15.2. The summed E-state index contributed by atoms with van der Waals surface area (Å²) >= 11 is 5.64. The average Bonchev–Trinajstić information content (AvgIpc) is 2.46. The Hall–Kier alpha value is -1.22. The van der Waals surface area contributed by atoms with Crippen LogP contribution in [0.25, 0.3) is 0 Å². The number of benzene rings is 1. The maximum absolute atomic E-state index is 11.7. The molecule has 0 aromatic heterocycles. The molecule has 0 bridgehead atoms. The molecule has 1 aromatic carbocycles. The molecule has 0 saturated heterocycles. The highest BCUT2D eigenvalue weighted by atomic mass is 35.5. The molecule has 0 fully saturated rings. The maximum Gasteiger partial charge on any atom is 0.177 e. The number of alkyl halides is 1. The number of fused-ring (bicyclic) bond motifs is 1. The summed E-state index contributed by atoms with van der Waals surface area (Å²) in [5.74, 6) is 1.31. The summed E-state index contributed by atoms with van der Waals surface area (Å²) in [4.78, 5) is 14.1. The van der Waals surface area contributed by atoms with Crippen molar-refractivity contribution < 1.29 is 9.53 Å². The summed E-state index contributed by atoms with van der Waals surface area (Å²) in [5, 5.41) is 0. The van der Waals surface area contributed by atoms with E-state index >= 15 is 0 Å². The standard InChI is InChI=1S/C16H22ClNO2/c1-4-7-18-10-16(11(2)3)20-15-6-5-12(8-13(15)18)14(19)9-17/h5-6,8,11,16H,4,7,9-10H2,1-3H3. The average molecular weight is 296 g/mol. The number of nitrogens with zero attached hydrogens (tertiary/aromatic N) is 1. The Kier molecular flexibility index (Phi) is 4.92. The topological polar surface area (TPSA) is 29.5 Å². The number of hydrogen-bond donors (Lipinski definition) is 0. The third-order valence-electron chi connectivity index (χ3n) is 3.66. The SMILES string of the molecule is CCCN1CC(C(C)C)Oc2ccc(C(=O)CCl)cc21. The van der Waals surface area contributed by atoms with E-state index in [0.29, 0.717) is 11.5 Å². The van der Waals surface area contributed by atoms with E-state index in [1.165, 1.54) is 0 Å². The number of ketones is 1. The Morgan fingerprint density at radius 1 is 1.50 bits per heavy atom. The van der Waals surface area contributed by atoms with Crippen molar-refractivity contribution in [3.8, 4) is 5.75 Å². The molecule has 1 aromatic rings. The lowest BCUT2D eigenvalue weighted by Crippen LogP contribution is -2.43. The molecule has 0 aliphatic carbocycles. The van der Waals surface area contributed by atoms with Gasteiger partial charge in [-0.3, -0.25) is 4.79 Å². The first-order chi connectivity index (χ1) is 9.56. The van der Waals surface area contributed by atoms with Crippen molar-refractivity contribution in [1.82, 2.24) is 0 Å². The van der Waals surface area contributed by atoms with Crippen LogP contribution in [0.15, 0.2) is 18.2 Å². The Morgan fingerprint density at radius 3 is 2.85 bits per heavy atom. The first-order valence-corrected chi connectivity index (χ1v) is 7.75. The second kappa shape index (κ2) is 6.49. The zero-order valence-electron chi connectivity index (χ0n) is 12.4. The van der Waals surface area contributed by atoms with Gasteiger partial charge in [-0.05, 0) is 30.5 Å². The normalized spacial score (nSPS) is 17.9. The van der Waals surface area contributed by atoms with E-state index in [1.807, 2.05) is 12.1 Å². The molecule has 110 valence electrons. The zero-order valence-corrected chi connectivity index (χ0v) is 13.1. The highest BCUT2D eigenvalue weighted by molar-refractivity contribution is 6.30. The van der Waals surface area contributed by atoms with E-state index in [0.717, 1.165) is 30.9 Å². The Morgan fingerprint density at radius 2 is 2.25 bits per heavy atom. The molecule has 3 nitrogen and oxygen atoms in total. The summed E-state index contributed by atoms with van der Waals surface area (Å²) < 4.78 is 6.05. The van der Waals surface area contributed by atoms with Gasteiger partial charge in [-0.1, -0.05) is 20.8 Å². The van der Waals surface area contributed by atoms with Gasteiger partial charge in [0, 0.05) is 12.1 Å². The quantitative estimate of drug-likeness (QED) is 0.612.